The Labute approximate surface area is 220 Å². The molecule has 0 aliphatic heterocycles. The highest BCUT2D eigenvalue weighted by atomic mass is 16.2. The number of pyridine rings is 1. The number of fused-ring (bicyclic) bond motifs is 1. The largest absolute Gasteiger partial charge is 0.357 e. The van der Waals surface area contributed by atoms with Crippen LogP contribution in [0.5, 0.6) is 0 Å². The molecule has 8 heteroatoms. The molecule has 1 atom stereocenters. The molecule has 0 saturated carbocycles. The van der Waals surface area contributed by atoms with Crippen molar-refractivity contribution in [2.75, 3.05) is 7.05 Å². The van der Waals surface area contributed by atoms with E-state index in [1.54, 1.807) is 17.8 Å². The monoisotopic (exact) mass is 504 g/mol. The summed E-state index contributed by atoms with van der Waals surface area (Å²) in [7, 11) is 1.56. The van der Waals surface area contributed by atoms with E-state index in [1.165, 1.54) is 0 Å². The van der Waals surface area contributed by atoms with Gasteiger partial charge < -0.3 is 10.6 Å². The lowest BCUT2D eigenvalue weighted by Gasteiger charge is -2.18. The molecule has 0 bridgehead atoms. The van der Waals surface area contributed by atoms with Crippen LogP contribution in [-0.2, 0) is 17.8 Å². The van der Waals surface area contributed by atoms with Crippen molar-refractivity contribution >= 4 is 22.7 Å². The quantitative estimate of drug-likeness (QED) is 0.333. The Bertz CT molecular complexity index is 1600. The highest BCUT2D eigenvalue weighted by Gasteiger charge is 2.21. The first-order valence-electron chi connectivity index (χ1n) is 12.4. The van der Waals surface area contributed by atoms with Gasteiger partial charge in [-0.15, -0.1) is 5.10 Å². The highest BCUT2D eigenvalue weighted by Crippen LogP contribution is 2.22. The number of hydrogen-bond acceptors (Lipinski definition) is 5. The molecule has 0 saturated heterocycles. The van der Waals surface area contributed by atoms with E-state index in [9.17, 15) is 9.59 Å². The molecule has 190 valence electrons. The molecule has 0 aliphatic rings. The number of benzene rings is 3. The van der Waals surface area contributed by atoms with Crippen molar-refractivity contribution in [3.63, 3.8) is 0 Å². The van der Waals surface area contributed by atoms with Crippen LogP contribution < -0.4 is 10.6 Å². The number of nitrogens with zero attached hydrogens (tertiary/aromatic N) is 4. The fourth-order valence-corrected chi connectivity index (χ4v) is 4.37. The molecule has 3 aromatic carbocycles. The number of carbonyl (C=O) groups excluding carboxylic acids is 2. The Morgan fingerprint density at radius 3 is 2.55 bits per heavy atom. The van der Waals surface area contributed by atoms with Gasteiger partial charge in [0.05, 0.1) is 18.3 Å². The minimum atomic E-state index is -0.683. The summed E-state index contributed by atoms with van der Waals surface area (Å²) in [5, 5.41) is 15.2. The lowest BCUT2D eigenvalue weighted by atomic mass is 10.0. The number of likely N-dealkylation sites (N-methyl/N-ethyl adjacent to an activating group) is 1. The molecule has 5 aromatic rings. The molecule has 1 unspecified atom stereocenters. The number of hydrogen-bond donors (Lipinski definition) is 2. The molecule has 0 aliphatic carbocycles. The maximum absolute atomic E-state index is 13.1. The molecule has 5 rings (SSSR count). The smallest absolute Gasteiger partial charge is 0.251 e. The van der Waals surface area contributed by atoms with Crippen molar-refractivity contribution in [2.45, 2.75) is 25.9 Å². The van der Waals surface area contributed by atoms with Crippen molar-refractivity contribution in [3.8, 4) is 11.3 Å². The number of aromatic nitrogens is 4. The minimum absolute atomic E-state index is 0.242. The maximum atomic E-state index is 13.1. The van der Waals surface area contributed by atoms with Gasteiger partial charge in [0.25, 0.3) is 5.91 Å². The summed E-state index contributed by atoms with van der Waals surface area (Å²) in [5.41, 5.74) is 5.98. The Morgan fingerprint density at radius 1 is 0.921 bits per heavy atom. The van der Waals surface area contributed by atoms with E-state index in [1.807, 2.05) is 79.9 Å². The molecule has 2 amide bonds. The first-order valence-corrected chi connectivity index (χ1v) is 12.4. The van der Waals surface area contributed by atoms with Gasteiger partial charge in [-0.2, -0.15) is 0 Å². The van der Waals surface area contributed by atoms with Crippen LogP contribution in [-0.4, -0.2) is 44.9 Å². The van der Waals surface area contributed by atoms with Crippen LogP contribution in [0.25, 0.3) is 22.2 Å². The average Bonchev–Trinajstić information content (AvgIpc) is 3.41. The predicted octanol–water partition coefficient (Wildman–Crippen LogP) is 3.94. The summed E-state index contributed by atoms with van der Waals surface area (Å²) in [5.74, 6) is -0.552. The van der Waals surface area contributed by atoms with Gasteiger partial charge in [0, 0.05) is 35.7 Å². The molecule has 2 N–H and O–H groups in total. The fourth-order valence-electron chi connectivity index (χ4n) is 4.37. The van der Waals surface area contributed by atoms with Crippen LogP contribution in [0, 0.1) is 6.92 Å². The van der Waals surface area contributed by atoms with Crippen LogP contribution in [0.3, 0.4) is 0 Å². The maximum Gasteiger partial charge on any atom is 0.251 e. The van der Waals surface area contributed by atoms with Gasteiger partial charge in [-0.05, 0) is 48.4 Å². The van der Waals surface area contributed by atoms with Crippen molar-refractivity contribution < 1.29 is 9.59 Å². The van der Waals surface area contributed by atoms with E-state index in [-0.39, 0.29) is 11.8 Å². The summed E-state index contributed by atoms with van der Waals surface area (Å²) >= 11 is 0. The van der Waals surface area contributed by atoms with Gasteiger partial charge in [0.1, 0.15) is 11.7 Å². The van der Waals surface area contributed by atoms with E-state index in [0.717, 1.165) is 39.0 Å². The third kappa shape index (κ3) is 5.75. The van der Waals surface area contributed by atoms with Crippen LogP contribution in [0.1, 0.15) is 27.2 Å². The Morgan fingerprint density at radius 2 is 1.74 bits per heavy atom. The first kappa shape index (κ1) is 24.8. The van der Waals surface area contributed by atoms with Crippen molar-refractivity contribution in [1.82, 2.24) is 30.6 Å². The normalized spacial score (nSPS) is 11.7. The number of carbonyl (C=O) groups is 2. The lowest BCUT2D eigenvalue weighted by Crippen LogP contribution is -2.47. The summed E-state index contributed by atoms with van der Waals surface area (Å²) in [6, 6.07) is 26.3. The molecule has 38 heavy (non-hydrogen) atoms. The molecular formula is C30H28N6O2. The highest BCUT2D eigenvalue weighted by molar-refractivity contribution is 5.97. The molecule has 2 aromatic heterocycles. The van der Waals surface area contributed by atoms with Gasteiger partial charge in [-0.3, -0.25) is 14.6 Å². The zero-order valence-corrected chi connectivity index (χ0v) is 21.3. The van der Waals surface area contributed by atoms with Crippen molar-refractivity contribution in [1.29, 1.82) is 0 Å². The Hall–Kier alpha value is -4.85. The van der Waals surface area contributed by atoms with Crippen LogP contribution in [0.2, 0.25) is 0 Å². The van der Waals surface area contributed by atoms with E-state index in [2.05, 4.69) is 38.1 Å². The number of amides is 2. The van der Waals surface area contributed by atoms with E-state index in [4.69, 9.17) is 0 Å². The molecule has 2 heterocycles. The molecular weight excluding hydrogens is 476 g/mol. The molecule has 0 fully saturated rings. The summed E-state index contributed by atoms with van der Waals surface area (Å²) in [6.07, 6.45) is 2.29. The molecule has 8 nitrogen and oxygen atoms in total. The number of rotatable bonds is 8. The first-order chi connectivity index (χ1) is 18.5. The zero-order chi connectivity index (χ0) is 26.5. The third-order valence-electron chi connectivity index (χ3n) is 6.35. The zero-order valence-electron chi connectivity index (χ0n) is 21.3. The van der Waals surface area contributed by atoms with Crippen molar-refractivity contribution in [2.24, 2.45) is 0 Å². The second-order valence-corrected chi connectivity index (χ2v) is 9.19. The predicted molar refractivity (Wildman–Crippen MR) is 147 cm³/mol. The lowest BCUT2D eigenvalue weighted by molar-refractivity contribution is -0.122. The van der Waals surface area contributed by atoms with Gasteiger partial charge in [0.2, 0.25) is 5.91 Å². The van der Waals surface area contributed by atoms with E-state index in [0.29, 0.717) is 18.5 Å². The van der Waals surface area contributed by atoms with E-state index < -0.39 is 6.04 Å². The molecule has 0 radical (unpaired) electrons. The van der Waals surface area contributed by atoms with Gasteiger partial charge in [0.15, 0.2) is 0 Å². The van der Waals surface area contributed by atoms with Crippen LogP contribution in [0.15, 0.2) is 91.1 Å². The second kappa shape index (κ2) is 11.0. The summed E-state index contributed by atoms with van der Waals surface area (Å²) < 4.78 is 1.74. The van der Waals surface area contributed by atoms with Crippen molar-refractivity contribution in [3.05, 3.63) is 114 Å². The Balaban J connectivity index is 1.29. The van der Waals surface area contributed by atoms with Gasteiger partial charge in [-0.1, -0.05) is 59.8 Å². The van der Waals surface area contributed by atoms with Crippen LogP contribution >= 0.6 is 0 Å². The SMILES string of the molecule is CNC(=O)C(Cc1ccccc1)NC(=O)c1cccc(Cn2cc(-c3ccc4nc(C)ccc4c3)nn2)c1. The number of nitrogens with one attached hydrogen (secondary N) is 2. The summed E-state index contributed by atoms with van der Waals surface area (Å²) in [4.78, 5) is 30.1. The van der Waals surface area contributed by atoms with Crippen LogP contribution in [0.4, 0.5) is 0 Å². The van der Waals surface area contributed by atoms with E-state index >= 15 is 0 Å². The fraction of sp³-hybridized carbons (Fsp3) is 0.167. The Kier molecular flexibility index (Phi) is 7.21. The standard InChI is InChI=1S/C30H28N6O2/c1-20-11-12-23-17-24(13-14-26(23)32-20)28-19-36(35-34-28)18-22-9-6-10-25(15-22)29(37)33-27(30(38)31-2)16-21-7-4-3-5-8-21/h3-15,17,19,27H,16,18H2,1-2H3,(H,31,38)(H,33,37). The average molecular weight is 505 g/mol. The summed E-state index contributed by atoms with van der Waals surface area (Å²) in [6.45, 7) is 2.42. The second-order valence-electron chi connectivity index (χ2n) is 9.19. The number of aryl methyl sites for hydroxylation is 1. The van der Waals surface area contributed by atoms with Gasteiger partial charge >= 0.3 is 0 Å². The topological polar surface area (TPSA) is 102 Å². The molecule has 0 spiro atoms. The van der Waals surface area contributed by atoms with Gasteiger partial charge in [-0.25, -0.2) is 4.68 Å². The third-order valence-corrected chi connectivity index (χ3v) is 6.35. The minimum Gasteiger partial charge on any atom is -0.357 e.